The number of pyridine rings is 1. The van der Waals surface area contributed by atoms with Gasteiger partial charge in [-0.1, -0.05) is 6.08 Å². The van der Waals surface area contributed by atoms with Crippen LogP contribution in [-0.2, 0) is 11.3 Å². The highest BCUT2D eigenvalue weighted by Gasteiger charge is 2.14. The Morgan fingerprint density at radius 2 is 1.89 bits per heavy atom. The first-order chi connectivity index (χ1) is 18.0. The monoisotopic (exact) mass is 494 g/mol. The van der Waals surface area contributed by atoms with Crippen LogP contribution in [0.4, 0.5) is 5.69 Å². The number of hydrogen-bond donors (Lipinski definition) is 3. The summed E-state index contributed by atoms with van der Waals surface area (Å²) in [6.07, 6.45) is 8.51. The highest BCUT2D eigenvalue weighted by Crippen LogP contribution is 2.30. The first kappa shape index (κ1) is 23.9. The van der Waals surface area contributed by atoms with Gasteiger partial charge in [0.1, 0.15) is 5.65 Å². The standard InChI is InChI=1S/C27H26N8O2/c1-34(2)14-4-6-25(36)32-19-9-7-18(8-10-19)27(37)29-16-20-15-22-21(11-13-28-26(22)33-20)23-17-31-35-24(23)5-3-12-30-35/h3-13,15,17H,14,16H2,1-2H3,(H,28,33)(H,29,37)(H,32,36)/b6-4+. The van der Waals surface area contributed by atoms with E-state index in [-0.39, 0.29) is 11.8 Å². The van der Waals surface area contributed by atoms with E-state index in [1.165, 1.54) is 6.08 Å². The molecule has 0 spiro atoms. The molecule has 0 radical (unpaired) electrons. The molecule has 0 unspecified atom stereocenters. The Labute approximate surface area is 213 Å². The SMILES string of the molecule is CN(C)C/C=C/C(=O)Nc1ccc(C(=O)NCc2cc3c(-c4cnn5ncccc45)ccnc3[nH]2)cc1. The van der Waals surface area contributed by atoms with Gasteiger partial charge < -0.3 is 20.5 Å². The van der Waals surface area contributed by atoms with E-state index in [0.717, 1.165) is 33.4 Å². The highest BCUT2D eigenvalue weighted by atomic mass is 16.2. The molecule has 10 nitrogen and oxygen atoms in total. The molecule has 0 aliphatic rings. The largest absolute Gasteiger partial charge is 0.346 e. The molecular weight excluding hydrogens is 468 g/mol. The Hall–Kier alpha value is -4.83. The Bertz CT molecular complexity index is 1600. The van der Waals surface area contributed by atoms with Gasteiger partial charge in [0.2, 0.25) is 5.91 Å². The highest BCUT2D eigenvalue weighted by molar-refractivity contribution is 6.00. The van der Waals surface area contributed by atoms with Gasteiger partial charge in [0.05, 0.1) is 18.3 Å². The van der Waals surface area contributed by atoms with Crippen molar-refractivity contribution in [2.75, 3.05) is 26.0 Å². The fourth-order valence-corrected chi connectivity index (χ4v) is 3.99. The number of carbonyl (C=O) groups excluding carboxylic acids is 2. The predicted octanol–water partition coefficient (Wildman–Crippen LogP) is 3.26. The van der Waals surface area contributed by atoms with Gasteiger partial charge in [-0.15, -0.1) is 0 Å². The summed E-state index contributed by atoms with van der Waals surface area (Å²) < 4.78 is 1.59. The van der Waals surface area contributed by atoms with E-state index in [1.807, 2.05) is 43.3 Å². The number of fused-ring (bicyclic) bond motifs is 2. The zero-order valence-electron chi connectivity index (χ0n) is 20.5. The normalized spacial score (nSPS) is 11.5. The van der Waals surface area contributed by atoms with Gasteiger partial charge in [-0.3, -0.25) is 9.59 Å². The Kier molecular flexibility index (Phi) is 6.73. The molecule has 2 amide bonds. The Morgan fingerprint density at radius 3 is 2.70 bits per heavy atom. The van der Waals surface area contributed by atoms with Crippen LogP contribution in [0.25, 0.3) is 27.7 Å². The summed E-state index contributed by atoms with van der Waals surface area (Å²) in [7, 11) is 3.86. The van der Waals surface area contributed by atoms with Crippen molar-refractivity contribution in [1.29, 1.82) is 0 Å². The number of carbonyl (C=O) groups is 2. The maximum absolute atomic E-state index is 12.7. The fraction of sp³-hybridized carbons (Fsp3) is 0.148. The van der Waals surface area contributed by atoms with Crippen LogP contribution in [0.15, 0.2) is 79.3 Å². The van der Waals surface area contributed by atoms with E-state index >= 15 is 0 Å². The first-order valence-electron chi connectivity index (χ1n) is 11.7. The summed E-state index contributed by atoms with van der Waals surface area (Å²) in [6, 6.07) is 14.5. The van der Waals surface area contributed by atoms with Crippen LogP contribution in [0, 0.1) is 0 Å². The van der Waals surface area contributed by atoms with Gasteiger partial charge in [-0.2, -0.15) is 14.8 Å². The topological polar surface area (TPSA) is 120 Å². The smallest absolute Gasteiger partial charge is 0.251 e. The molecule has 4 heterocycles. The maximum atomic E-state index is 12.7. The number of aromatic nitrogens is 5. The molecule has 3 N–H and O–H groups in total. The number of nitrogens with zero attached hydrogens (tertiary/aromatic N) is 5. The molecule has 4 aromatic heterocycles. The Balaban J connectivity index is 1.25. The number of H-pyrrole nitrogens is 1. The zero-order chi connectivity index (χ0) is 25.8. The average Bonchev–Trinajstić information content (AvgIpc) is 3.51. The molecule has 37 heavy (non-hydrogen) atoms. The fourth-order valence-electron chi connectivity index (χ4n) is 3.99. The predicted molar refractivity (Wildman–Crippen MR) is 142 cm³/mol. The lowest BCUT2D eigenvalue weighted by Gasteiger charge is -2.06. The van der Waals surface area contributed by atoms with Gasteiger partial charge in [-0.05, 0) is 68.2 Å². The van der Waals surface area contributed by atoms with Crippen molar-refractivity contribution in [2.24, 2.45) is 0 Å². The molecule has 0 fully saturated rings. The van der Waals surface area contributed by atoms with Crippen LogP contribution in [0.1, 0.15) is 16.1 Å². The minimum atomic E-state index is -0.218. The summed E-state index contributed by atoms with van der Waals surface area (Å²) in [4.78, 5) is 34.4. The second kappa shape index (κ2) is 10.4. The molecule has 0 saturated heterocycles. The lowest BCUT2D eigenvalue weighted by atomic mass is 10.1. The van der Waals surface area contributed by atoms with Crippen LogP contribution >= 0.6 is 0 Å². The summed E-state index contributed by atoms with van der Waals surface area (Å²) in [5.41, 5.74) is 5.50. The van der Waals surface area contributed by atoms with Crippen LogP contribution in [-0.4, -0.2) is 62.1 Å². The van der Waals surface area contributed by atoms with E-state index < -0.39 is 0 Å². The number of rotatable bonds is 8. The molecule has 0 saturated carbocycles. The van der Waals surface area contributed by atoms with Gasteiger partial charge in [0.25, 0.3) is 5.91 Å². The zero-order valence-corrected chi connectivity index (χ0v) is 20.5. The Morgan fingerprint density at radius 1 is 1.05 bits per heavy atom. The number of anilines is 1. The van der Waals surface area contributed by atoms with Crippen molar-refractivity contribution >= 4 is 34.1 Å². The van der Waals surface area contributed by atoms with Crippen molar-refractivity contribution in [1.82, 2.24) is 35.0 Å². The molecule has 0 aliphatic carbocycles. The minimum absolute atomic E-state index is 0.216. The van der Waals surface area contributed by atoms with Gasteiger partial charge in [0, 0.05) is 52.9 Å². The molecule has 0 atom stereocenters. The van der Waals surface area contributed by atoms with Crippen molar-refractivity contribution in [3.63, 3.8) is 0 Å². The van der Waals surface area contributed by atoms with E-state index in [4.69, 9.17) is 0 Å². The van der Waals surface area contributed by atoms with Crippen molar-refractivity contribution in [2.45, 2.75) is 6.54 Å². The lowest BCUT2D eigenvalue weighted by molar-refractivity contribution is -0.111. The van der Waals surface area contributed by atoms with Gasteiger partial charge in [-0.25, -0.2) is 4.98 Å². The molecule has 186 valence electrons. The van der Waals surface area contributed by atoms with Crippen molar-refractivity contribution in [3.05, 3.63) is 90.5 Å². The molecule has 5 rings (SSSR count). The molecule has 0 aliphatic heterocycles. The second-order valence-electron chi connectivity index (χ2n) is 8.79. The summed E-state index contributed by atoms with van der Waals surface area (Å²) in [5.74, 6) is -0.435. The number of nitrogens with one attached hydrogen (secondary N) is 3. The first-order valence-corrected chi connectivity index (χ1v) is 11.7. The number of amides is 2. The third kappa shape index (κ3) is 5.39. The van der Waals surface area contributed by atoms with E-state index in [1.54, 1.807) is 53.6 Å². The van der Waals surface area contributed by atoms with Crippen LogP contribution in [0.3, 0.4) is 0 Å². The van der Waals surface area contributed by atoms with Crippen LogP contribution in [0.5, 0.6) is 0 Å². The quantitative estimate of drug-likeness (QED) is 0.285. The third-order valence-corrected chi connectivity index (χ3v) is 5.78. The number of aromatic amines is 1. The maximum Gasteiger partial charge on any atom is 0.251 e. The van der Waals surface area contributed by atoms with Crippen LogP contribution < -0.4 is 10.6 Å². The summed E-state index contributed by atoms with van der Waals surface area (Å²) in [5, 5.41) is 15.2. The van der Waals surface area contributed by atoms with E-state index in [2.05, 4.69) is 30.8 Å². The minimum Gasteiger partial charge on any atom is -0.346 e. The molecule has 5 aromatic rings. The van der Waals surface area contributed by atoms with E-state index in [0.29, 0.717) is 24.3 Å². The van der Waals surface area contributed by atoms with Crippen molar-refractivity contribution < 1.29 is 9.59 Å². The molecule has 1 aromatic carbocycles. The molecule has 10 heteroatoms. The average molecular weight is 495 g/mol. The summed E-state index contributed by atoms with van der Waals surface area (Å²) >= 11 is 0. The molecular formula is C27H26N8O2. The van der Waals surface area contributed by atoms with Crippen molar-refractivity contribution in [3.8, 4) is 11.1 Å². The van der Waals surface area contributed by atoms with Gasteiger partial charge >= 0.3 is 0 Å². The number of benzene rings is 1. The molecule has 0 bridgehead atoms. The number of likely N-dealkylation sites (N-methyl/N-ethyl adjacent to an activating group) is 1. The second-order valence-corrected chi connectivity index (χ2v) is 8.79. The van der Waals surface area contributed by atoms with Crippen LogP contribution in [0.2, 0.25) is 0 Å². The summed E-state index contributed by atoms with van der Waals surface area (Å²) in [6.45, 7) is 0.985. The van der Waals surface area contributed by atoms with E-state index in [9.17, 15) is 9.59 Å². The van der Waals surface area contributed by atoms with Gasteiger partial charge in [0.15, 0.2) is 0 Å². The number of hydrogen-bond acceptors (Lipinski definition) is 6. The lowest BCUT2D eigenvalue weighted by Crippen LogP contribution is -2.22. The third-order valence-electron chi connectivity index (χ3n) is 5.78.